The van der Waals surface area contributed by atoms with Crippen LogP contribution in [-0.2, 0) is 14.9 Å². The summed E-state index contributed by atoms with van der Waals surface area (Å²) in [5.41, 5.74) is 1.33. The highest BCUT2D eigenvalue weighted by Gasteiger charge is 2.13. The smallest absolute Gasteiger partial charge is 0.234 e. The molecule has 0 bridgehead atoms. The van der Waals surface area contributed by atoms with Gasteiger partial charge in [0, 0.05) is 13.7 Å². The number of ether oxygens (including phenoxy) is 2. The summed E-state index contributed by atoms with van der Waals surface area (Å²) in [5, 5.41) is 5.80. The summed E-state index contributed by atoms with van der Waals surface area (Å²) in [6.45, 7) is 9.01. The van der Waals surface area contributed by atoms with Gasteiger partial charge in [-0.3, -0.25) is 4.79 Å². The SMILES string of the molecule is COCCNCC(=O)NCCOc1cccc(C(C)(C)C)c1.Cl. The van der Waals surface area contributed by atoms with Crippen LogP contribution >= 0.6 is 12.4 Å². The van der Waals surface area contributed by atoms with E-state index in [2.05, 4.69) is 37.5 Å². The van der Waals surface area contributed by atoms with Crippen molar-refractivity contribution in [2.24, 2.45) is 0 Å². The van der Waals surface area contributed by atoms with E-state index in [1.165, 1.54) is 5.56 Å². The third-order valence-corrected chi connectivity index (χ3v) is 3.16. The molecular weight excluding hydrogens is 316 g/mol. The van der Waals surface area contributed by atoms with Crippen molar-refractivity contribution in [1.82, 2.24) is 10.6 Å². The molecule has 0 saturated carbocycles. The molecule has 1 rings (SSSR count). The molecule has 0 heterocycles. The van der Waals surface area contributed by atoms with Gasteiger partial charge in [0.1, 0.15) is 12.4 Å². The molecule has 2 N–H and O–H groups in total. The van der Waals surface area contributed by atoms with E-state index < -0.39 is 0 Å². The highest BCUT2D eigenvalue weighted by atomic mass is 35.5. The van der Waals surface area contributed by atoms with E-state index in [1.54, 1.807) is 7.11 Å². The normalized spacial score (nSPS) is 10.8. The maximum Gasteiger partial charge on any atom is 0.234 e. The van der Waals surface area contributed by atoms with Gasteiger partial charge >= 0.3 is 0 Å². The number of halogens is 1. The lowest BCUT2D eigenvalue weighted by Gasteiger charge is -2.19. The highest BCUT2D eigenvalue weighted by Crippen LogP contribution is 2.25. The van der Waals surface area contributed by atoms with Crippen molar-refractivity contribution >= 4 is 18.3 Å². The van der Waals surface area contributed by atoms with Crippen LogP contribution in [0.5, 0.6) is 5.75 Å². The van der Waals surface area contributed by atoms with E-state index in [-0.39, 0.29) is 23.7 Å². The number of rotatable bonds is 9. The lowest BCUT2D eigenvalue weighted by Crippen LogP contribution is -2.37. The summed E-state index contributed by atoms with van der Waals surface area (Å²) >= 11 is 0. The molecule has 0 unspecified atom stereocenters. The van der Waals surface area contributed by atoms with Crippen molar-refractivity contribution in [2.45, 2.75) is 26.2 Å². The Bertz CT molecular complexity index is 461. The van der Waals surface area contributed by atoms with Gasteiger partial charge in [0.25, 0.3) is 0 Å². The van der Waals surface area contributed by atoms with Crippen molar-refractivity contribution in [2.75, 3.05) is 40.0 Å². The Morgan fingerprint density at radius 2 is 1.91 bits per heavy atom. The number of hydrogen-bond acceptors (Lipinski definition) is 4. The zero-order valence-corrected chi connectivity index (χ0v) is 15.3. The van der Waals surface area contributed by atoms with Gasteiger partial charge in [-0.2, -0.15) is 0 Å². The molecule has 0 aliphatic rings. The molecular formula is C17H29ClN2O3. The molecule has 0 radical (unpaired) electrons. The number of amides is 1. The standard InChI is InChI=1S/C17H28N2O3.ClH/c1-17(2,3)14-6-5-7-15(12-14)22-11-9-19-16(20)13-18-8-10-21-4;/h5-7,12,18H,8-11,13H2,1-4H3,(H,19,20);1H. The zero-order chi connectivity index (χ0) is 16.4. The average Bonchev–Trinajstić information content (AvgIpc) is 2.48. The van der Waals surface area contributed by atoms with Gasteiger partial charge < -0.3 is 20.1 Å². The van der Waals surface area contributed by atoms with Crippen molar-refractivity contribution < 1.29 is 14.3 Å². The van der Waals surface area contributed by atoms with Crippen molar-refractivity contribution in [3.8, 4) is 5.75 Å². The predicted octanol–water partition coefficient (Wildman–Crippen LogP) is 2.14. The minimum absolute atomic E-state index is 0. The molecule has 0 aliphatic heterocycles. The molecule has 1 aromatic rings. The third kappa shape index (κ3) is 9.43. The van der Waals surface area contributed by atoms with Crippen molar-refractivity contribution in [3.05, 3.63) is 29.8 Å². The number of nitrogens with one attached hydrogen (secondary N) is 2. The first-order valence-electron chi connectivity index (χ1n) is 7.63. The molecule has 132 valence electrons. The van der Waals surface area contributed by atoms with E-state index in [1.807, 2.05) is 18.2 Å². The van der Waals surface area contributed by atoms with Gasteiger partial charge in [0.2, 0.25) is 5.91 Å². The molecule has 23 heavy (non-hydrogen) atoms. The highest BCUT2D eigenvalue weighted by molar-refractivity contribution is 5.85. The molecule has 1 amide bonds. The Hall–Kier alpha value is -1.30. The minimum Gasteiger partial charge on any atom is -0.492 e. The van der Waals surface area contributed by atoms with Crippen LogP contribution in [0.1, 0.15) is 26.3 Å². The lowest BCUT2D eigenvalue weighted by atomic mass is 9.87. The van der Waals surface area contributed by atoms with Gasteiger partial charge in [-0.15, -0.1) is 12.4 Å². The monoisotopic (exact) mass is 344 g/mol. The Balaban J connectivity index is 0.00000484. The topological polar surface area (TPSA) is 59.6 Å². The Labute approximate surface area is 145 Å². The second-order valence-electron chi connectivity index (χ2n) is 6.15. The average molecular weight is 345 g/mol. The van der Waals surface area contributed by atoms with Gasteiger partial charge in [-0.25, -0.2) is 0 Å². The molecule has 0 aromatic heterocycles. The lowest BCUT2D eigenvalue weighted by molar-refractivity contribution is -0.120. The molecule has 0 spiro atoms. The van der Waals surface area contributed by atoms with Crippen molar-refractivity contribution in [3.63, 3.8) is 0 Å². The fraction of sp³-hybridized carbons (Fsp3) is 0.588. The van der Waals surface area contributed by atoms with E-state index >= 15 is 0 Å². The van der Waals surface area contributed by atoms with Crippen LogP contribution < -0.4 is 15.4 Å². The Kier molecular flexibility index (Phi) is 10.6. The summed E-state index contributed by atoms with van der Waals surface area (Å²) in [6.07, 6.45) is 0. The third-order valence-electron chi connectivity index (χ3n) is 3.16. The van der Waals surface area contributed by atoms with Crippen LogP contribution in [-0.4, -0.2) is 45.9 Å². The molecule has 6 heteroatoms. The van der Waals surface area contributed by atoms with Gasteiger partial charge in [0.15, 0.2) is 0 Å². The van der Waals surface area contributed by atoms with E-state index in [0.29, 0.717) is 32.8 Å². The molecule has 0 atom stereocenters. The number of carbonyl (C=O) groups is 1. The van der Waals surface area contributed by atoms with Gasteiger partial charge in [-0.05, 0) is 23.1 Å². The number of benzene rings is 1. The van der Waals surface area contributed by atoms with Crippen LogP contribution in [0.2, 0.25) is 0 Å². The minimum atomic E-state index is -0.0388. The summed E-state index contributed by atoms with van der Waals surface area (Å²) in [7, 11) is 1.63. The first-order chi connectivity index (χ1) is 10.4. The summed E-state index contributed by atoms with van der Waals surface area (Å²) in [6, 6.07) is 8.08. The van der Waals surface area contributed by atoms with Crippen LogP contribution in [0.25, 0.3) is 0 Å². The Morgan fingerprint density at radius 1 is 1.17 bits per heavy atom. The molecule has 0 saturated heterocycles. The second-order valence-corrected chi connectivity index (χ2v) is 6.15. The van der Waals surface area contributed by atoms with Gasteiger partial charge in [-0.1, -0.05) is 32.9 Å². The molecule has 5 nitrogen and oxygen atoms in total. The quantitative estimate of drug-likeness (QED) is 0.674. The zero-order valence-electron chi connectivity index (χ0n) is 14.5. The fourth-order valence-corrected chi connectivity index (χ4v) is 1.85. The maximum atomic E-state index is 11.5. The van der Waals surface area contributed by atoms with Crippen molar-refractivity contribution in [1.29, 1.82) is 0 Å². The van der Waals surface area contributed by atoms with Crippen LogP contribution in [0, 0.1) is 0 Å². The maximum absolute atomic E-state index is 11.5. The summed E-state index contributed by atoms with van der Waals surface area (Å²) < 4.78 is 10.6. The number of methoxy groups -OCH3 is 1. The molecule has 0 aliphatic carbocycles. The first kappa shape index (κ1) is 21.7. The van der Waals surface area contributed by atoms with Crippen LogP contribution in [0.3, 0.4) is 0 Å². The van der Waals surface area contributed by atoms with E-state index in [0.717, 1.165) is 5.75 Å². The summed E-state index contributed by atoms with van der Waals surface area (Å²) in [4.78, 5) is 11.5. The number of hydrogen-bond donors (Lipinski definition) is 2. The van der Waals surface area contributed by atoms with Gasteiger partial charge in [0.05, 0.1) is 19.7 Å². The van der Waals surface area contributed by atoms with E-state index in [9.17, 15) is 4.79 Å². The van der Waals surface area contributed by atoms with E-state index in [4.69, 9.17) is 9.47 Å². The molecule has 1 aromatic carbocycles. The largest absolute Gasteiger partial charge is 0.492 e. The van der Waals surface area contributed by atoms with Crippen LogP contribution in [0.15, 0.2) is 24.3 Å². The second kappa shape index (κ2) is 11.3. The number of carbonyl (C=O) groups excluding carboxylic acids is 1. The Morgan fingerprint density at radius 3 is 2.57 bits per heavy atom. The fourth-order valence-electron chi connectivity index (χ4n) is 1.85. The van der Waals surface area contributed by atoms with Crippen LogP contribution in [0.4, 0.5) is 0 Å². The first-order valence-corrected chi connectivity index (χ1v) is 7.63. The molecule has 0 fully saturated rings. The predicted molar refractivity (Wildman–Crippen MR) is 95.6 cm³/mol. The summed E-state index contributed by atoms with van der Waals surface area (Å²) in [5.74, 6) is 0.794.